The Balaban J connectivity index is 0.000000197. The summed E-state index contributed by atoms with van der Waals surface area (Å²) in [6.07, 6.45) is 4.04. The van der Waals surface area contributed by atoms with Gasteiger partial charge in [-0.15, -0.1) is 0 Å². The summed E-state index contributed by atoms with van der Waals surface area (Å²) in [6, 6.07) is 11.2. The molecule has 1 spiro atoms. The molecule has 0 radical (unpaired) electrons. The van der Waals surface area contributed by atoms with Gasteiger partial charge in [0.2, 0.25) is 11.4 Å². The lowest BCUT2D eigenvalue weighted by molar-refractivity contribution is -0.123. The molecule has 3 amide bonds. The number of aliphatic imine (C=N–C) groups is 1. The van der Waals surface area contributed by atoms with Gasteiger partial charge in [0.05, 0.1) is 35.1 Å². The molecule has 2 saturated carbocycles. The number of nitrogens with zero attached hydrogens (tertiary/aromatic N) is 6. The highest BCUT2D eigenvalue weighted by atomic mass is 32.1. The Morgan fingerprint density at radius 1 is 0.742 bits per heavy atom. The maximum Gasteiger partial charge on any atom is 0.305 e. The van der Waals surface area contributed by atoms with Gasteiger partial charge in [0, 0.05) is 38.3 Å². The van der Waals surface area contributed by atoms with Crippen molar-refractivity contribution in [1.29, 1.82) is 0 Å². The number of halogens is 6. The molecule has 4 aromatic rings. The minimum absolute atomic E-state index is 0.00789. The largest absolute Gasteiger partial charge is 0.355 e. The molecule has 0 bridgehead atoms. The number of thiocarbonyl (C=S) groups is 2. The van der Waals surface area contributed by atoms with Crippen LogP contribution in [0.2, 0.25) is 0 Å². The predicted octanol–water partition coefficient (Wildman–Crippen LogP) is 9.72. The summed E-state index contributed by atoms with van der Waals surface area (Å²) in [5, 5.41) is 9.53. The zero-order valence-electron chi connectivity index (χ0n) is 32.5. The molecule has 20 heteroatoms. The van der Waals surface area contributed by atoms with Crippen LogP contribution in [0.15, 0.2) is 65.7 Å². The maximum atomic E-state index is 14.7. The zero-order valence-corrected chi connectivity index (χ0v) is 34.1. The second-order valence-electron chi connectivity index (χ2n) is 13.7. The van der Waals surface area contributed by atoms with Crippen molar-refractivity contribution in [3.8, 4) is 0 Å². The molecule has 12 nitrogen and oxygen atoms in total. The van der Waals surface area contributed by atoms with Crippen LogP contribution in [0.1, 0.15) is 59.2 Å². The van der Waals surface area contributed by atoms with Gasteiger partial charge in [-0.3, -0.25) is 24.1 Å². The molecule has 7 rings (SSSR count). The van der Waals surface area contributed by atoms with Gasteiger partial charge < -0.3 is 20.9 Å². The lowest BCUT2D eigenvalue weighted by Gasteiger charge is -2.43. The molecular weight excluding hydrogens is 857 g/mol. The molecule has 3 aliphatic rings. The monoisotopic (exact) mass is 887 g/mol. The van der Waals surface area contributed by atoms with Crippen LogP contribution in [-0.4, -0.2) is 53.3 Å². The third-order valence-corrected chi connectivity index (χ3v) is 10.6. The van der Waals surface area contributed by atoms with E-state index in [-0.39, 0.29) is 33.3 Å². The molecule has 0 unspecified atom stereocenters. The Hall–Kier alpha value is -7.17. The van der Waals surface area contributed by atoms with Gasteiger partial charge in [-0.05, 0) is 111 Å². The first-order valence-electron chi connectivity index (χ1n) is 18.2. The van der Waals surface area contributed by atoms with Crippen LogP contribution < -0.4 is 25.8 Å². The van der Waals surface area contributed by atoms with E-state index >= 15 is 0 Å². The Kier molecular flexibility index (Phi) is 14.1. The molecule has 316 valence electrons. The van der Waals surface area contributed by atoms with E-state index in [9.17, 15) is 40.7 Å². The molecule has 1 saturated heterocycles. The van der Waals surface area contributed by atoms with E-state index in [1.165, 1.54) is 43.3 Å². The van der Waals surface area contributed by atoms with E-state index in [1.807, 2.05) is 5.16 Å². The summed E-state index contributed by atoms with van der Waals surface area (Å²) >= 11 is 9.68. The van der Waals surface area contributed by atoms with Crippen molar-refractivity contribution in [3.63, 3.8) is 0 Å². The summed E-state index contributed by atoms with van der Waals surface area (Å²) in [6.45, 7) is 20.6. The highest BCUT2D eigenvalue weighted by Crippen LogP contribution is 2.48. The standard InChI is InChI=1S/C21H15F3N4O2S.C13H14FN3O.C8H2F2N2S/c1-25-16-9-15(24)17(10-14(16)23)27-19(30)21(6-3-7-21)28(20(27)31)11-4-5-12(13(22)8-11)18(29)26-2;1-15-12(18)10-5-4-9(8-11(10)14)17-13(16-2)6-3-7-13;1-11-7-2-6(10)8(12-4-13)3-5(7)9/h4-5,8-10H,3,6-7H2,2H3,(H,26,29);4-5,8,17H,3,6-7H2,1H3,(H,15,18);2-3H. The fourth-order valence-corrected chi connectivity index (χ4v) is 7.20. The number of nitrogens with one attached hydrogen (secondary N) is 3. The van der Waals surface area contributed by atoms with Gasteiger partial charge in [-0.1, -0.05) is 0 Å². The fourth-order valence-electron chi connectivity index (χ4n) is 6.64. The Labute approximate surface area is 361 Å². The topological polar surface area (TPSA) is 119 Å². The van der Waals surface area contributed by atoms with Crippen LogP contribution >= 0.6 is 24.4 Å². The van der Waals surface area contributed by atoms with Crippen molar-refractivity contribution >= 4 is 86.6 Å². The Morgan fingerprint density at radius 2 is 1.29 bits per heavy atom. The average molecular weight is 888 g/mol. The normalized spacial score (nSPS) is 15.0. The number of rotatable bonds is 7. The highest BCUT2D eigenvalue weighted by Gasteiger charge is 2.60. The molecular formula is C42H31F6N9O3S2. The van der Waals surface area contributed by atoms with E-state index in [1.54, 1.807) is 6.07 Å². The van der Waals surface area contributed by atoms with Crippen LogP contribution in [0.25, 0.3) is 14.5 Å². The van der Waals surface area contributed by atoms with Crippen molar-refractivity contribution in [1.82, 2.24) is 10.6 Å². The van der Waals surface area contributed by atoms with Crippen molar-refractivity contribution in [2.75, 3.05) is 29.2 Å². The quantitative estimate of drug-likeness (QED) is 0.0732. The molecule has 0 aromatic heterocycles. The minimum atomic E-state index is -1.14. The molecule has 2 aliphatic carbocycles. The second-order valence-corrected chi connectivity index (χ2v) is 14.3. The SMILES string of the molecule is [C-]#[N+]C1(Nc2ccc(C(=O)NC)c(F)c2)CCC1.[C-]#[N+]c1cc(F)c(N2C(=O)C3(CCC3)N(c3ccc(C(=O)NC)c(F)c3)C2=S)cc1F.[C-]#[N+]c1cc(F)c(N=C=S)cc1F. The molecule has 3 fully saturated rings. The maximum absolute atomic E-state index is 14.7. The molecule has 0 atom stereocenters. The molecule has 1 aliphatic heterocycles. The van der Waals surface area contributed by atoms with E-state index < -0.39 is 75.2 Å². The van der Waals surface area contributed by atoms with E-state index in [0.717, 1.165) is 48.4 Å². The van der Waals surface area contributed by atoms with Crippen molar-refractivity contribution in [3.05, 3.63) is 141 Å². The van der Waals surface area contributed by atoms with Gasteiger partial charge in [0.25, 0.3) is 17.7 Å². The molecule has 62 heavy (non-hydrogen) atoms. The first kappa shape index (κ1) is 45.9. The summed E-state index contributed by atoms with van der Waals surface area (Å²) < 4.78 is 82.9. The van der Waals surface area contributed by atoms with Crippen molar-refractivity contribution < 1.29 is 40.7 Å². The number of carbonyl (C=O) groups excluding carboxylic acids is 3. The second kappa shape index (κ2) is 19.0. The predicted molar refractivity (Wildman–Crippen MR) is 225 cm³/mol. The third kappa shape index (κ3) is 8.96. The number of carbonyl (C=O) groups is 3. The van der Waals surface area contributed by atoms with Crippen LogP contribution in [0.5, 0.6) is 0 Å². The zero-order chi connectivity index (χ0) is 45.5. The number of hydrogen-bond donors (Lipinski definition) is 3. The van der Waals surface area contributed by atoms with Crippen LogP contribution in [0.4, 0.5) is 60.5 Å². The van der Waals surface area contributed by atoms with Gasteiger partial charge >= 0.3 is 5.66 Å². The Morgan fingerprint density at radius 3 is 1.76 bits per heavy atom. The summed E-state index contributed by atoms with van der Waals surface area (Å²) in [4.78, 5) is 51.3. The smallest absolute Gasteiger partial charge is 0.305 e. The molecule has 3 N–H and O–H groups in total. The Bertz CT molecular complexity index is 2680. The van der Waals surface area contributed by atoms with Crippen molar-refractivity contribution in [2.45, 2.75) is 49.7 Å². The lowest BCUT2D eigenvalue weighted by atomic mass is 9.75. The number of anilines is 3. The first-order valence-corrected chi connectivity index (χ1v) is 19.1. The summed E-state index contributed by atoms with van der Waals surface area (Å²) in [5.41, 5.74) is -2.67. The van der Waals surface area contributed by atoms with E-state index in [4.69, 9.17) is 31.9 Å². The molecule has 4 aromatic carbocycles. The van der Waals surface area contributed by atoms with E-state index in [0.29, 0.717) is 31.0 Å². The van der Waals surface area contributed by atoms with Crippen LogP contribution in [0, 0.1) is 54.6 Å². The van der Waals surface area contributed by atoms with Gasteiger partial charge in [0.1, 0.15) is 46.1 Å². The van der Waals surface area contributed by atoms with Gasteiger partial charge in [-0.2, -0.15) is 4.99 Å². The third-order valence-electron chi connectivity index (χ3n) is 10.2. The number of hydrogen-bond acceptors (Lipinski definition) is 7. The van der Waals surface area contributed by atoms with E-state index in [2.05, 4.69) is 47.7 Å². The van der Waals surface area contributed by atoms with Crippen LogP contribution in [-0.2, 0) is 4.79 Å². The number of isothiocyanates is 1. The first-order chi connectivity index (χ1) is 29.5. The average Bonchev–Trinajstić information content (AvgIpc) is 3.47. The lowest BCUT2D eigenvalue weighted by Crippen LogP contribution is -2.55. The summed E-state index contributed by atoms with van der Waals surface area (Å²) in [5.74, 6) is -6.56. The number of benzene rings is 4. The summed E-state index contributed by atoms with van der Waals surface area (Å²) in [7, 11) is 2.83. The van der Waals surface area contributed by atoms with Gasteiger partial charge in [-0.25, -0.2) is 42.6 Å². The fraction of sp³-hybridized carbons (Fsp3) is 0.238. The molecule has 1 heterocycles. The van der Waals surface area contributed by atoms with Crippen LogP contribution in [0.3, 0.4) is 0 Å². The minimum Gasteiger partial charge on any atom is -0.355 e. The van der Waals surface area contributed by atoms with Gasteiger partial charge in [0.15, 0.2) is 5.11 Å². The number of amides is 3. The van der Waals surface area contributed by atoms with Crippen molar-refractivity contribution in [2.24, 2.45) is 4.99 Å². The highest BCUT2D eigenvalue weighted by molar-refractivity contribution is 7.81.